The molecule has 4 heteroatoms. The Morgan fingerprint density at radius 2 is 2.06 bits per heavy atom. The second kappa shape index (κ2) is 7.53. The van der Waals surface area contributed by atoms with E-state index in [-0.39, 0.29) is 6.61 Å². The molecular weight excluding hydrogens is 218 g/mol. The summed E-state index contributed by atoms with van der Waals surface area (Å²) in [7, 11) is 1.55. The Balaban J connectivity index is 2.50. The maximum absolute atomic E-state index is 8.75. The lowest BCUT2D eigenvalue weighted by Crippen LogP contribution is -2.00. The maximum atomic E-state index is 8.75. The standard InChI is InChI=1S/C13H17NO3/c1-16-13-9-11(10-14)5-6-12(13)17-8-4-2-3-7-15/h5-6,9,15H,2-4,7-8H2,1H3. The highest BCUT2D eigenvalue weighted by Gasteiger charge is 2.05. The number of aliphatic hydroxyl groups excluding tert-OH is 1. The van der Waals surface area contributed by atoms with Crippen molar-refractivity contribution < 1.29 is 14.6 Å². The summed E-state index contributed by atoms with van der Waals surface area (Å²) in [5, 5.41) is 17.4. The molecule has 0 radical (unpaired) electrons. The molecule has 0 amide bonds. The Hall–Kier alpha value is -1.73. The molecule has 92 valence electrons. The number of unbranched alkanes of at least 4 members (excludes halogenated alkanes) is 2. The quantitative estimate of drug-likeness (QED) is 0.735. The first-order valence-electron chi connectivity index (χ1n) is 5.63. The molecular formula is C13H17NO3. The predicted octanol–water partition coefficient (Wildman–Crippen LogP) is 2.11. The van der Waals surface area contributed by atoms with E-state index in [4.69, 9.17) is 19.8 Å². The van der Waals surface area contributed by atoms with Gasteiger partial charge in [-0.05, 0) is 31.4 Å². The molecule has 4 nitrogen and oxygen atoms in total. The Kier molecular flexibility index (Phi) is 5.91. The molecule has 0 saturated carbocycles. The Morgan fingerprint density at radius 3 is 2.71 bits per heavy atom. The fourth-order valence-corrected chi connectivity index (χ4v) is 1.43. The zero-order chi connectivity index (χ0) is 12.5. The van der Waals surface area contributed by atoms with Crippen molar-refractivity contribution in [3.05, 3.63) is 23.8 Å². The highest BCUT2D eigenvalue weighted by Crippen LogP contribution is 2.27. The van der Waals surface area contributed by atoms with Crippen LogP contribution in [0.25, 0.3) is 0 Å². The summed E-state index contributed by atoms with van der Waals surface area (Å²) in [5.41, 5.74) is 0.550. The second-order valence-corrected chi connectivity index (χ2v) is 3.61. The zero-order valence-electron chi connectivity index (χ0n) is 9.98. The molecule has 1 aromatic carbocycles. The lowest BCUT2D eigenvalue weighted by molar-refractivity contribution is 0.260. The van der Waals surface area contributed by atoms with Crippen LogP contribution in [0.2, 0.25) is 0 Å². The number of rotatable bonds is 7. The van der Waals surface area contributed by atoms with Crippen molar-refractivity contribution >= 4 is 0 Å². The van der Waals surface area contributed by atoms with Gasteiger partial charge >= 0.3 is 0 Å². The number of benzene rings is 1. The van der Waals surface area contributed by atoms with Gasteiger partial charge in [0.2, 0.25) is 0 Å². The van der Waals surface area contributed by atoms with Gasteiger partial charge in [-0.2, -0.15) is 5.26 Å². The van der Waals surface area contributed by atoms with E-state index < -0.39 is 0 Å². The van der Waals surface area contributed by atoms with Crippen LogP contribution in [-0.4, -0.2) is 25.4 Å². The smallest absolute Gasteiger partial charge is 0.162 e. The number of aliphatic hydroxyl groups is 1. The zero-order valence-corrected chi connectivity index (χ0v) is 9.98. The number of ether oxygens (including phenoxy) is 2. The Labute approximate surface area is 101 Å². The van der Waals surface area contributed by atoms with Crippen LogP contribution >= 0.6 is 0 Å². The van der Waals surface area contributed by atoms with E-state index in [1.165, 1.54) is 0 Å². The second-order valence-electron chi connectivity index (χ2n) is 3.61. The summed E-state index contributed by atoms with van der Waals surface area (Å²) in [5.74, 6) is 1.22. The summed E-state index contributed by atoms with van der Waals surface area (Å²) in [6, 6.07) is 7.14. The number of nitriles is 1. The number of methoxy groups -OCH3 is 1. The summed E-state index contributed by atoms with van der Waals surface area (Å²) in [4.78, 5) is 0. The lowest BCUT2D eigenvalue weighted by Gasteiger charge is -2.10. The van der Waals surface area contributed by atoms with Gasteiger partial charge in [-0.1, -0.05) is 0 Å². The minimum absolute atomic E-state index is 0.222. The predicted molar refractivity (Wildman–Crippen MR) is 64.1 cm³/mol. The fraction of sp³-hybridized carbons (Fsp3) is 0.462. The van der Waals surface area contributed by atoms with Gasteiger partial charge in [0.15, 0.2) is 11.5 Å². The molecule has 0 aromatic heterocycles. The molecule has 17 heavy (non-hydrogen) atoms. The fourth-order valence-electron chi connectivity index (χ4n) is 1.43. The van der Waals surface area contributed by atoms with Crippen LogP contribution in [0, 0.1) is 11.3 Å². The highest BCUT2D eigenvalue weighted by molar-refractivity contribution is 5.46. The average molecular weight is 235 g/mol. The van der Waals surface area contributed by atoms with Gasteiger partial charge in [0.25, 0.3) is 0 Å². The van der Waals surface area contributed by atoms with Crippen molar-refractivity contribution in [1.82, 2.24) is 0 Å². The topological polar surface area (TPSA) is 62.5 Å². The molecule has 0 aliphatic rings. The summed E-state index contributed by atoms with van der Waals surface area (Å²) < 4.78 is 10.7. The van der Waals surface area contributed by atoms with Crippen molar-refractivity contribution in [2.75, 3.05) is 20.3 Å². The van der Waals surface area contributed by atoms with Crippen LogP contribution in [-0.2, 0) is 0 Å². The van der Waals surface area contributed by atoms with Crippen molar-refractivity contribution in [3.63, 3.8) is 0 Å². The van der Waals surface area contributed by atoms with Gasteiger partial charge in [-0.3, -0.25) is 0 Å². The number of nitrogens with zero attached hydrogens (tertiary/aromatic N) is 1. The van der Waals surface area contributed by atoms with E-state index in [0.29, 0.717) is 23.7 Å². The Morgan fingerprint density at radius 1 is 1.24 bits per heavy atom. The van der Waals surface area contributed by atoms with E-state index in [9.17, 15) is 0 Å². The van der Waals surface area contributed by atoms with E-state index >= 15 is 0 Å². The monoisotopic (exact) mass is 235 g/mol. The number of hydrogen-bond acceptors (Lipinski definition) is 4. The van der Waals surface area contributed by atoms with Gasteiger partial charge in [0.1, 0.15) is 0 Å². The highest BCUT2D eigenvalue weighted by atomic mass is 16.5. The van der Waals surface area contributed by atoms with Gasteiger partial charge in [-0.15, -0.1) is 0 Å². The minimum atomic E-state index is 0.222. The molecule has 0 aliphatic heterocycles. The molecule has 0 fully saturated rings. The van der Waals surface area contributed by atoms with Gasteiger partial charge in [0, 0.05) is 12.7 Å². The van der Waals surface area contributed by atoms with Gasteiger partial charge in [0.05, 0.1) is 25.3 Å². The van der Waals surface area contributed by atoms with Crippen LogP contribution in [0.5, 0.6) is 11.5 Å². The van der Waals surface area contributed by atoms with E-state index in [2.05, 4.69) is 0 Å². The van der Waals surface area contributed by atoms with Crippen LogP contribution in [0.4, 0.5) is 0 Å². The Bertz CT molecular complexity index is 385. The van der Waals surface area contributed by atoms with Gasteiger partial charge < -0.3 is 14.6 Å². The van der Waals surface area contributed by atoms with Crippen LogP contribution in [0.15, 0.2) is 18.2 Å². The summed E-state index contributed by atoms with van der Waals surface area (Å²) in [6.07, 6.45) is 2.63. The molecule has 0 saturated heterocycles. The largest absolute Gasteiger partial charge is 0.493 e. The number of hydrogen-bond donors (Lipinski definition) is 1. The van der Waals surface area contributed by atoms with Gasteiger partial charge in [-0.25, -0.2) is 0 Å². The average Bonchev–Trinajstić information content (AvgIpc) is 2.38. The molecule has 1 aromatic rings. The summed E-state index contributed by atoms with van der Waals surface area (Å²) >= 11 is 0. The first-order valence-corrected chi connectivity index (χ1v) is 5.63. The van der Waals surface area contributed by atoms with Crippen molar-refractivity contribution in [2.45, 2.75) is 19.3 Å². The molecule has 0 atom stereocenters. The third-order valence-electron chi connectivity index (χ3n) is 2.35. The molecule has 0 spiro atoms. The van der Waals surface area contributed by atoms with Crippen LogP contribution in [0.3, 0.4) is 0 Å². The summed E-state index contributed by atoms with van der Waals surface area (Å²) in [6.45, 7) is 0.808. The molecule has 0 aliphatic carbocycles. The SMILES string of the molecule is COc1cc(C#N)ccc1OCCCCCO. The van der Waals surface area contributed by atoms with E-state index in [1.54, 1.807) is 25.3 Å². The van der Waals surface area contributed by atoms with Crippen molar-refractivity contribution in [1.29, 1.82) is 5.26 Å². The third kappa shape index (κ3) is 4.33. The normalized spacial score (nSPS) is 9.71. The minimum Gasteiger partial charge on any atom is -0.493 e. The van der Waals surface area contributed by atoms with Crippen molar-refractivity contribution in [2.24, 2.45) is 0 Å². The van der Waals surface area contributed by atoms with Crippen LogP contribution < -0.4 is 9.47 Å². The molecule has 1 rings (SSSR count). The van der Waals surface area contributed by atoms with E-state index in [0.717, 1.165) is 19.3 Å². The first-order chi connectivity index (χ1) is 8.31. The molecule has 1 N–H and O–H groups in total. The first kappa shape index (κ1) is 13.3. The molecule has 0 bridgehead atoms. The maximum Gasteiger partial charge on any atom is 0.162 e. The third-order valence-corrected chi connectivity index (χ3v) is 2.35. The van der Waals surface area contributed by atoms with Crippen molar-refractivity contribution in [3.8, 4) is 17.6 Å². The molecule has 0 heterocycles. The van der Waals surface area contributed by atoms with E-state index in [1.807, 2.05) is 6.07 Å². The van der Waals surface area contributed by atoms with Crippen LogP contribution in [0.1, 0.15) is 24.8 Å². The molecule has 0 unspecified atom stereocenters. The lowest BCUT2D eigenvalue weighted by atomic mass is 10.2.